The van der Waals surface area contributed by atoms with Crippen molar-refractivity contribution in [1.29, 1.82) is 0 Å². The Balaban J connectivity index is 2.76. The number of hydrogen-bond acceptors (Lipinski definition) is 8. The summed E-state index contributed by atoms with van der Waals surface area (Å²) in [5, 5.41) is 51.4. The van der Waals surface area contributed by atoms with Gasteiger partial charge in [0.1, 0.15) is 18.3 Å². The van der Waals surface area contributed by atoms with Gasteiger partial charge in [-0.3, -0.25) is 19.7 Å². The Hall–Kier alpha value is -2.37. The van der Waals surface area contributed by atoms with Crippen LogP contribution in [0, 0.1) is 6.92 Å². The van der Waals surface area contributed by atoms with E-state index in [1.165, 1.54) is 0 Å². The largest absolute Gasteiger partial charge is 0.481 e. The van der Waals surface area contributed by atoms with E-state index in [4.69, 9.17) is 10.2 Å². The molecule has 0 saturated heterocycles. The molecule has 0 saturated carbocycles. The summed E-state index contributed by atoms with van der Waals surface area (Å²) < 4.78 is 0. The van der Waals surface area contributed by atoms with Gasteiger partial charge in [-0.05, 0) is 18.9 Å². The van der Waals surface area contributed by atoms with E-state index >= 15 is 0 Å². The first-order valence-corrected chi connectivity index (χ1v) is 9.12. The van der Waals surface area contributed by atoms with Gasteiger partial charge in [0.25, 0.3) is 0 Å². The molecule has 0 fully saturated rings. The molecule has 0 aliphatic rings. The number of hydrogen-bond donors (Lipinski definition) is 7. The highest BCUT2D eigenvalue weighted by atomic mass is 16.4. The van der Waals surface area contributed by atoms with Crippen molar-refractivity contribution in [2.75, 3.05) is 19.7 Å². The highest BCUT2D eigenvalue weighted by molar-refractivity contribution is 5.87. The van der Waals surface area contributed by atoms with Crippen molar-refractivity contribution in [1.82, 2.24) is 10.6 Å². The van der Waals surface area contributed by atoms with E-state index in [9.17, 15) is 29.7 Å². The first-order chi connectivity index (χ1) is 13.6. The monoisotopic (exact) mass is 412 g/mol. The van der Waals surface area contributed by atoms with E-state index in [-0.39, 0.29) is 19.4 Å². The fourth-order valence-corrected chi connectivity index (χ4v) is 2.47. The zero-order valence-electron chi connectivity index (χ0n) is 16.1. The van der Waals surface area contributed by atoms with Gasteiger partial charge in [-0.25, -0.2) is 0 Å². The first kappa shape index (κ1) is 24.7. The minimum absolute atomic E-state index is 0.0851. The molecule has 4 atom stereocenters. The number of rotatable bonds is 13. The number of Topliss-reactive ketones (excluding diaryl/α,β-unsaturated/α-hetero) is 1. The molecule has 0 aliphatic heterocycles. The maximum atomic E-state index is 12.4. The van der Waals surface area contributed by atoms with Crippen LogP contribution in [0.3, 0.4) is 0 Å². The number of carboxylic acids is 1. The van der Waals surface area contributed by atoms with Gasteiger partial charge in [0.2, 0.25) is 5.91 Å². The average molecular weight is 412 g/mol. The van der Waals surface area contributed by atoms with Crippen LogP contribution < -0.4 is 10.6 Å². The van der Waals surface area contributed by atoms with Crippen LogP contribution in [0.1, 0.15) is 17.5 Å². The highest BCUT2D eigenvalue weighted by Gasteiger charge is 2.30. The van der Waals surface area contributed by atoms with Crippen LogP contribution in [0.2, 0.25) is 0 Å². The van der Waals surface area contributed by atoms with E-state index in [2.05, 4.69) is 10.6 Å². The summed E-state index contributed by atoms with van der Waals surface area (Å²) in [5.41, 5.74) is 1.82. The predicted octanol–water partition coefficient (Wildman–Crippen LogP) is -2.27. The lowest BCUT2D eigenvalue weighted by Crippen LogP contribution is -2.51. The molecule has 0 unspecified atom stereocenters. The molecule has 7 N–H and O–H groups in total. The molecule has 29 heavy (non-hydrogen) atoms. The normalized spacial score (nSPS) is 15.2. The lowest BCUT2D eigenvalue weighted by Gasteiger charge is -2.22. The van der Waals surface area contributed by atoms with Crippen LogP contribution in [0.25, 0.3) is 0 Å². The SMILES string of the molecule is Cc1ccc(C[C@H](NCC(=O)[C@@H](O)[C@H](O)[C@H](O)CO)C(=O)NCCC(=O)O)cc1. The summed E-state index contributed by atoms with van der Waals surface area (Å²) in [6, 6.07) is 6.44. The quantitative estimate of drug-likeness (QED) is 0.188. The second-order valence-electron chi connectivity index (χ2n) is 6.71. The van der Waals surface area contributed by atoms with Gasteiger partial charge in [0, 0.05) is 6.54 Å². The topological polar surface area (TPSA) is 176 Å². The van der Waals surface area contributed by atoms with Crippen molar-refractivity contribution in [2.24, 2.45) is 0 Å². The number of benzene rings is 1. The number of amides is 1. The van der Waals surface area contributed by atoms with Gasteiger partial charge >= 0.3 is 5.97 Å². The van der Waals surface area contributed by atoms with Gasteiger partial charge in [-0.1, -0.05) is 29.8 Å². The number of ketones is 1. The van der Waals surface area contributed by atoms with E-state index in [0.29, 0.717) is 0 Å². The Morgan fingerprint density at radius 3 is 2.24 bits per heavy atom. The van der Waals surface area contributed by atoms with Crippen molar-refractivity contribution < 1.29 is 39.9 Å². The van der Waals surface area contributed by atoms with Crippen molar-refractivity contribution in [3.05, 3.63) is 35.4 Å². The number of aliphatic hydroxyl groups is 4. The Bertz CT molecular complexity index is 679. The predicted molar refractivity (Wildman–Crippen MR) is 102 cm³/mol. The second kappa shape index (κ2) is 12.2. The Labute approximate surface area is 168 Å². The number of carbonyl (C=O) groups excluding carboxylic acids is 2. The number of aliphatic carboxylic acids is 1. The van der Waals surface area contributed by atoms with Crippen molar-refractivity contribution >= 4 is 17.7 Å². The molecule has 0 aliphatic carbocycles. The molecule has 0 bridgehead atoms. The number of aryl methyl sites for hydroxylation is 1. The van der Waals surface area contributed by atoms with Crippen LogP contribution in [0.15, 0.2) is 24.3 Å². The first-order valence-electron chi connectivity index (χ1n) is 9.12. The third kappa shape index (κ3) is 8.67. The molecular weight excluding hydrogens is 384 g/mol. The third-order valence-corrected chi connectivity index (χ3v) is 4.27. The zero-order valence-corrected chi connectivity index (χ0v) is 16.1. The third-order valence-electron chi connectivity index (χ3n) is 4.27. The van der Waals surface area contributed by atoms with Crippen molar-refractivity contribution in [2.45, 2.75) is 44.1 Å². The molecular formula is C19H28N2O8. The maximum absolute atomic E-state index is 12.4. The Kier molecular flexibility index (Phi) is 10.4. The molecule has 0 heterocycles. The smallest absolute Gasteiger partial charge is 0.305 e. The zero-order chi connectivity index (χ0) is 22.0. The molecule has 0 aromatic heterocycles. The minimum atomic E-state index is -1.94. The molecule has 1 aromatic carbocycles. The molecule has 0 spiro atoms. The Morgan fingerprint density at radius 2 is 1.69 bits per heavy atom. The van der Waals surface area contributed by atoms with E-state index in [0.717, 1.165) is 11.1 Å². The molecule has 1 rings (SSSR count). The average Bonchev–Trinajstić information content (AvgIpc) is 2.69. The summed E-state index contributed by atoms with van der Waals surface area (Å²) in [5.74, 6) is -2.47. The summed E-state index contributed by atoms with van der Waals surface area (Å²) in [6.07, 6.45) is -5.55. The standard InChI is InChI=1S/C19H28N2O8/c1-11-2-4-12(5-3-11)8-13(19(29)20-7-6-16(25)26)21-9-14(23)17(27)18(28)15(24)10-22/h2-5,13,15,17-18,21-22,24,27-28H,6-10H2,1H3,(H,20,29)(H,25,26)/t13-,15+,17+,18+/m0/s1. The van der Waals surface area contributed by atoms with E-state index in [1.54, 1.807) is 0 Å². The summed E-state index contributed by atoms with van der Waals surface area (Å²) in [7, 11) is 0. The number of aliphatic hydroxyl groups excluding tert-OH is 4. The number of carbonyl (C=O) groups is 3. The van der Waals surface area contributed by atoms with Crippen LogP contribution in [-0.2, 0) is 20.8 Å². The molecule has 162 valence electrons. The van der Waals surface area contributed by atoms with Gasteiger partial charge in [0.15, 0.2) is 5.78 Å². The van der Waals surface area contributed by atoms with Gasteiger partial charge in [-0.2, -0.15) is 0 Å². The number of carboxylic acid groups (broad SMARTS) is 1. The second-order valence-corrected chi connectivity index (χ2v) is 6.71. The van der Waals surface area contributed by atoms with Crippen LogP contribution in [0.4, 0.5) is 0 Å². The van der Waals surface area contributed by atoms with Gasteiger partial charge < -0.3 is 30.8 Å². The molecule has 1 amide bonds. The van der Waals surface area contributed by atoms with E-state index in [1.807, 2.05) is 31.2 Å². The van der Waals surface area contributed by atoms with Gasteiger partial charge in [-0.15, -0.1) is 0 Å². The van der Waals surface area contributed by atoms with Crippen LogP contribution >= 0.6 is 0 Å². The fraction of sp³-hybridized carbons (Fsp3) is 0.526. The van der Waals surface area contributed by atoms with E-state index < -0.39 is 55.2 Å². The van der Waals surface area contributed by atoms with Crippen molar-refractivity contribution in [3.63, 3.8) is 0 Å². The van der Waals surface area contributed by atoms with Crippen LogP contribution in [-0.4, -0.2) is 87.2 Å². The molecule has 10 nitrogen and oxygen atoms in total. The molecule has 0 radical (unpaired) electrons. The summed E-state index contributed by atoms with van der Waals surface area (Å²) in [4.78, 5) is 35.1. The number of nitrogens with one attached hydrogen (secondary N) is 2. The maximum Gasteiger partial charge on any atom is 0.305 e. The molecule has 1 aromatic rings. The summed E-state index contributed by atoms with van der Waals surface area (Å²) >= 11 is 0. The minimum Gasteiger partial charge on any atom is -0.481 e. The van der Waals surface area contributed by atoms with Crippen molar-refractivity contribution in [3.8, 4) is 0 Å². The summed E-state index contributed by atoms with van der Waals surface area (Å²) in [6.45, 7) is 0.503. The molecule has 10 heteroatoms. The lowest BCUT2D eigenvalue weighted by atomic mass is 10.0. The van der Waals surface area contributed by atoms with Gasteiger partial charge in [0.05, 0.1) is 25.6 Å². The Morgan fingerprint density at radius 1 is 1.07 bits per heavy atom. The highest BCUT2D eigenvalue weighted by Crippen LogP contribution is 2.07. The van der Waals surface area contributed by atoms with Crippen LogP contribution in [0.5, 0.6) is 0 Å². The fourth-order valence-electron chi connectivity index (χ4n) is 2.47. The lowest BCUT2D eigenvalue weighted by molar-refractivity contribution is -0.139.